The predicted molar refractivity (Wildman–Crippen MR) is 80.2 cm³/mol. The maximum Gasteiger partial charge on any atom is 0.220 e. The van der Waals surface area contributed by atoms with Crippen LogP contribution in [0.3, 0.4) is 0 Å². The normalized spacial score (nSPS) is 10.8. The van der Waals surface area contributed by atoms with Crippen LogP contribution in [0.2, 0.25) is 0 Å². The maximum absolute atomic E-state index is 11.4. The number of amides is 1. The molecule has 112 valence electrons. The number of para-hydroxylation sites is 1. The highest BCUT2D eigenvalue weighted by atomic mass is 16.1. The Bertz CT molecular complexity index is 700. The van der Waals surface area contributed by atoms with Crippen molar-refractivity contribution < 1.29 is 4.79 Å². The van der Waals surface area contributed by atoms with E-state index in [2.05, 4.69) is 31.3 Å². The van der Waals surface area contributed by atoms with Gasteiger partial charge >= 0.3 is 0 Å². The second kappa shape index (κ2) is 7.54. The van der Waals surface area contributed by atoms with Gasteiger partial charge in [0, 0.05) is 25.4 Å². The van der Waals surface area contributed by atoms with Crippen LogP contribution in [0.25, 0.3) is 5.57 Å². The molecule has 0 bridgehead atoms. The monoisotopic (exact) mass is 297 g/mol. The zero-order valence-corrected chi connectivity index (χ0v) is 12.0. The minimum atomic E-state index is -0.0187. The fourth-order valence-electron chi connectivity index (χ4n) is 1.82. The maximum atomic E-state index is 11.4. The van der Waals surface area contributed by atoms with E-state index in [0.29, 0.717) is 12.8 Å². The van der Waals surface area contributed by atoms with Crippen molar-refractivity contribution in [1.82, 2.24) is 25.9 Å². The van der Waals surface area contributed by atoms with Gasteiger partial charge in [0.1, 0.15) is 11.6 Å². The van der Waals surface area contributed by atoms with Crippen LogP contribution in [0.15, 0.2) is 30.5 Å². The minimum Gasteiger partial charge on any atom is -0.360 e. The van der Waals surface area contributed by atoms with Crippen molar-refractivity contribution in [3.05, 3.63) is 41.9 Å². The van der Waals surface area contributed by atoms with Gasteiger partial charge in [-0.25, -0.2) is 0 Å². The molecule has 8 heteroatoms. The third-order valence-electron chi connectivity index (χ3n) is 3.00. The minimum absolute atomic E-state index is 0.0187. The number of hydrogen-bond acceptors (Lipinski definition) is 6. The Labute approximate surface area is 127 Å². The third-order valence-corrected chi connectivity index (χ3v) is 3.00. The Morgan fingerprint density at radius 1 is 1.45 bits per heavy atom. The topological polar surface area (TPSA) is 119 Å². The van der Waals surface area contributed by atoms with Crippen LogP contribution < -0.4 is 10.6 Å². The first kappa shape index (κ1) is 15.2. The molecule has 0 aliphatic carbocycles. The van der Waals surface area contributed by atoms with Gasteiger partial charge in [0.25, 0.3) is 0 Å². The summed E-state index contributed by atoms with van der Waals surface area (Å²) < 4.78 is 0. The third kappa shape index (κ3) is 3.89. The van der Waals surface area contributed by atoms with Gasteiger partial charge in [-0.05, 0) is 23.3 Å². The number of nitrogens with zero attached hydrogens (tertiary/aromatic N) is 4. The molecule has 8 nitrogen and oxygen atoms in total. The molecule has 0 unspecified atom stereocenters. The summed E-state index contributed by atoms with van der Waals surface area (Å²) in [7, 11) is 1.61. The van der Waals surface area contributed by atoms with E-state index in [0.717, 1.165) is 11.3 Å². The summed E-state index contributed by atoms with van der Waals surface area (Å²) in [6, 6.07) is 9.59. The number of hydrogen-bond donors (Lipinski definition) is 3. The van der Waals surface area contributed by atoms with Crippen molar-refractivity contribution in [2.45, 2.75) is 12.8 Å². The number of H-pyrrole nitrogens is 1. The summed E-state index contributed by atoms with van der Waals surface area (Å²) in [5.74, 6) is 0.202. The SMILES string of the molecule is CNC(=O)CCc1ccccc1NC=C(C#N)c1nn[nH]n1. The molecule has 1 aromatic heterocycles. The number of aromatic amines is 1. The van der Waals surface area contributed by atoms with Crippen molar-refractivity contribution in [3.8, 4) is 6.07 Å². The Balaban J connectivity index is 2.12. The average Bonchev–Trinajstić information content (AvgIpc) is 3.08. The Kier molecular flexibility index (Phi) is 5.20. The second-order valence-electron chi connectivity index (χ2n) is 4.38. The number of rotatable bonds is 6. The number of benzene rings is 1. The Morgan fingerprint density at radius 2 is 2.27 bits per heavy atom. The zero-order chi connectivity index (χ0) is 15.8. The molecule has 0 spiro atoms. The first-order valence-corrected chi connectivity index (χ1v) is 6.63. The fraction of sp³-hybridized carbons (Fsp3) is 0.214. The van der Waals surface area contributed by atoms with Crippen molar-refractivity contribution >= 4 is 17.2 Å². The fourth-order valence-corrected chi connectivity index (χ4v) is 1.82. The average molecular weight is 297 g/mol. The lowest BCUT2D eigenvalue weighted by Gasteiger charge is -2.09. The van der Waals surface area contributed by atoms with Crippen LogP contribution in [0.4, 0.5) is 5.69 Å². The molecular formula is C14H15N7O. The molecule has 0 aliphatic heterocycles. The lowest BCUT2D eigenvalue weighted by Crippen LogP contribution is -2.18. The number of allylic oxidation sites excluding steroid dienone is 1. The van der Waals surface area contributed by atoms with Crippen LogP contribution in [0, 0.1) is 11.3 Å². The molecule has 3 N–H and O–H groups in total. The van der Waals surface area contributed by atoms with E-state index >= 15 is 0 Å². The summed E-state index contributed by atoms with van der Waals surface area (Å²) >= 11 is 0. The number of aryl methyl sites for hydroxylation is 1. The summed E-state index contributed by atoms with van der Waals surface area (Å²) in [5, 5.41) is 28.0. The van der Waals surface area contributed by atoms with Crippen LogP contribution in [-0.4, -0.2) is 33.6 Å². The molecule has 2 aromatic rings. The molecule has 0 saturated heterocycles. The first-order chi connectivity index (χ1) is 10.7. The molecule has 0 fully saturated rings. The highest BCUT2D eigenvalue weighted by molar-refractivity contribution is 5.76. The van der Waals surface area contributed by atoms with Crippen LogP contribution in [-0.2, 0) is 11.2 Å². The van der Waals surface area contributed by atoms with Crippen molar-refractivity contribution in [1.29, 1.82) is 5.26 Å². The van der Waals surface area contributed by atoms with E-state index in [9.17, 15) is 4.79 Å². The van der Waals surface area contributed by atoms with E-state index in [1.807, 2.05) is 30.3 Å². The van der Waals surface area contributed by atoms with E-state index < -0.39 is 0 Å². The molecule has 22 heavy (non-hydrogen) atoms. The standard InChI is InChI=1S/C14H15N7O/c1-16-13(22)7-6-10-4-2-3-5-12(10)17-9-11(8-15)14-18-20-21-19-14/h2-5,9,17H,6-7H2,1H3,(H,16,22)(H,18,19,20,21). The molecule has 2 rings (SSSR count). The number of nitrogens with one attached hydrogen (secondary N) is 3. The Morgan fingerprint density at radius 3 is 2.95 bits per heavy atom. The smallest absolute Gasteiger partial charge is 0.220 e. The van der Waals surface area contributed by atoms with Gasteiger partial charge in [-0.2, -0.15) is 10.5 Å². The molecule has 0 saturated carbocycles. The summed E-state index contributed by atoms with van der Waals surface area (Å²) in [6.07, 6.45) is 2.51. The van der Waals surface area contributed by atoms with Crippen LogP contribution in [0.1, 0.15) is 17.8 Å². The highest BCUT2D eigenvalue weighted by Crippen LogP contribution is 2.18. The number of carbonyl (C=O) groups is 1. The molecule has 1 amide bonds. The quantitative estimate of drug-likeness (QED) is 0.680. The molecular weight excluding hydrogens is 282 g/mol. The van der Waals surface area contributed by atoms with Crippen molar-refractivity contribution in [2.75, 3.05) is 12.4 Å². The number of carbonyl (C=O) groups excluding carboxylic acids is 1. The van der Waals surface area contributed by atoms with E-state index in [-0.39, 0.29) is 17.3 Å². The number of tetrazole rings is 1. The van der Waals surface area contributed by atoms with Crippen molar-refractivity contribution in [2.24, 2.45) is 0 Å². The van der Waals surface area contributed by atoms with Crippen molar-refractivity contribution in [3.63, 3.8) is 0 Å². The van der Waals surface area contributed by atoms with Gasteiger partial charge in [0.15, 0.2) is 0 Å². The summed E-state index contributed by atoms with van der Waals surface area (Å²) in [6.45, 7) is 0. The lowest BCUT2D eigenvalue weighted by atomic mass is 10.1. The van der Waals surface area contributed by atoms with Gasteiger partial charge in [0.2, 0.25) is 11.7 Å². The van der Waals surface area contributed by atoms with Gasteiger partial charge in [-0.3, -0.25) is 4.79 Å². The summed E-state index contributed by atoms with van der Waals surface area (Å²) in [5.41, 5.74) is 2.06. The number of aromatic nitrogens is 4. The highest BCUT2D eigenvalue weighted by Gasteiger charge is 2.07. The van der Waals surface area contributed by atoms with Gasteiger partial charge in [0.05, 0.1) is 0 Å². The van der Waals surface area contributed by atoms with Gasteiger partial charge in [-0.15, -0.1) is 10.2 Å². The van der Waals surface area contributed by atoms with E-state index in [1.54, 1.807) is 7.05 Å². The zero-order valence-electron chi connectivity index (χ0n) is 12.0. The molecule has 1 heterocycles. The van der Waals surface area contributed by atoms with E-state index in [4.69, 9.17) is 5.26 Å². The van der Waals surface area contributed by atoms with Crippen LogP contribution >= 0.6 is 0 Å². The second-order valence-corrected chi connectivity index (χ2v) is 4.38. The lowest BCUT2D eigenvalue weighted by molar-refractivity contribution is -0.120. The Hall–Kier alpha value is -3.21. The predicted octanol–water partition coefficient (Wildman–Crippen LogP) is 0.855. The van der Waals surface area contributed by atoms with Crippen LogP contribution in [0.5, 0.6) is 0 Å². The van der Waals surface area contributed by atoms with Gasteiger partial charge in [-0.1, -0.05) is 18.2 Å². The summed E-state index contributed by atoms with van der Waals surface area (Å²) in [4.78, 5) is 11.4. The number of nitriles is 1. The molecule has 0 radical (unpaired) electrons. The molecule has 0 aliphatic rings. The first-order valence-electron chi connectivity index (χ1n) is 6.63. The van der Waals surface area contributed by atoms with Gasteiger partial charge < -0.3 is 10.6 Å². The number of anilines is 1. The molecule has 0 atom stereocenters. The molecule has 1 aromatic carbocycles. The largest absolute Gasteiger partial charge is 0.360 e. The van der Waals surface area contributed by atoms with E-state index in [1.165, 1.54) is 6.20 Å².